The zero-order chi connectivity index (χ0) is 2.99. The SMILES string of the molecule is I[P+]1=PP1. The van der Waals surface area contributed by atoms with E-state index >= 15 is 0 Å². The van der Waals surface area contributed by atoms with Crippen molar-refractivity contribution in [2.75, 3.05) is 0 Å². The summed E-state index contributed by atoms with van der Waals surface area (Å²) in [4.78, 5) is 0. The summed E-state index contributed by atoms with van der Waals surface area (Å²) >= 11 is 2.52. The highest BCUT2D eigenvalue weighted by Gasteiger charge is 2.21. The van der Waals surface area contributed by atoms with E-state index in [1.165, 1.54) is 7.96 Å². The van der Waals surface area contributed by atoms with E-state index in [0.717, 1.165) is 0 Å². The van der Waals surface area contributed by atoms with Crippen molar-refractivity contribution in [3.63, 3.8) is 0 Å². The first-order valence-corrected chi connectivity index (χ1v) is 9.23. The summed E-state index contributed by atoms with van der Waals surface area (Å²) in [7, 11) is 3.08. The van der Waals surface area contributed by atoms with Gasteiger partial charge in [0.05, 0.1) is 0 Å². The minimum absolute atomic E-state index is 0.600. The first-order valence-electron chi connectivity index (χ1n) is 0.816. The second kappa shape index (κ2) is 1.47. The standard InChI is InChI=1S/HIP3/c1-4-2-3-4/h2H/q+1. The van der Waals surface area contributed by atoms with Crippen molar-refractivity contribution in [3.05, 3.63) is 0 Å². The summed E-state index contributed by atoms with van der Waals surface area (Å²) in [6, 6.07) is 0. The Hall–Kier alpha value is 1.76. The lowest BCUT2D eigenvalue weighted by Gasteiger charge is -1.19. The van der Waals surface area contributed by atoms with Crippen LogP contribution in [0.3, 0.4) is 0 Å². The molecule has 0 spiro atoms. The Morgan fingerprint density at radius 1 is 2.00 bits per heavy atom. The molecule has 0 nitrogen and oxygen atoms in total. The monoisotopic (exact) mass is 221 g/mol. The highest BCUT2D eigenvalue weighted by molar-refractivity contribution is 14.2. The molecular formula is HIP3+. The van der Waals surface area contributed by atoms with E-state index in [2.05, 4.69) is 22.0 Å². The average molecular weight is 221 g/mol. The molecule has 22 valence electrons. The van der Waals surface area contributed by atoms with Crippen LogP contribution in [0.5, 0.6) is 0 Å². The van der Waals surface area contributed by atoms with E-state index in [0.29, 0.717) is 4.54 Å². The summed E-state index contributed by atoms with van der Waals surface area (Å²) in [6.07, 6.45) is 0. The van der Waals surface area contributed by atoms with E-state index in [9.17, 15) is 0 Å². The van der Waals surface area contributed by atoms with Crippen molar-refractivity contribution in [2.24, 2.45) is 0 Å². The molecule has 0 saturated heterocycles. The summed E-state index contributed by atoms with van der Waals surface area (Å²) in [5.74, 6) is 0. The van der Waals surface area contributed by atoms with Crippen LogP contribution in [0.25, 0.3) is 0 Å². The number of hydrogen-bond acceptors (Lipinski definition) is 0. The van der Waals surface area contributed by atoms with Crippen molar-refractivity contribution < 1.29 is 0 Å². The fraction of sp³-hybridized carbons (Fsp3) is 0. The minimum Gasteiger partial charge on any atom is 0.209 e. The van der Waals surface area contributed by atoms with Crippen LogP contribution in [0, 0.1) is 0 Å². The van der Waals surface area contributed by atoms with Crippen LogP contribution in [0.1, 0.15) is 0 Å². The third kappa shape index (κ3) is 1.26. The van der Waals surface area contributed by atoms with Crippen LogP contribution in [-0.2, 0) is 0 Å². The lowest BCUT2D eigenvalue weighted by molar-refractivity contribution is 5.79. The highest BCUT2D eigenvalue weighted by Crippen LogP contribution is 2.85. The molecule has 2 unspecified atom stereocenters. The number of halogens is 1. The van der Waals surface area contributed by atoms with Crippen molar-refractivity contribution in [2.45, 2.75) is 0 Å². The van der Waals surface area contributed by atoms with Crippen molar-refractivity contribution in [1.82, 2.24) is 0 Å². The van der Waals surface area contributed by atoms with Gasteiger partial charge in [-0.05, 0) is 0 Å². The van der Waals surface area contributed by atoms with E-state index < -0.39 is 0 Å². The summed E-state index contributed by atoms with van der Waals surface area (Å²) in [5, 5.41) is 0. The second-order valence-corrected chi connectivity index (χ2v) is 17.8. The molecule has 0 amide bonds. The average Bonchev–Trinajstić information content (AvgIpc) is 1.75. The maximum absolute atomic E-state index is 2.52. The topological polar surface area (TPSA) is 0 Å². The Labute approximate surface area is 42.2 Å². The predicted octanol–water partition coefficient (Wildman–Crippen LogP) is 3.20. The molecule has 0 aromatic rings. The van der Waals surface area contributed by atoms with Crippen LogP contribution < -0.4 is 0 Å². The maximum atomic E-state index is 2.52. The van der Waals surface area contributed by atoms with E-state index in [-0.39, 0.29) is 0 Å². The Morgan fingerprint density at radius 2 is 2.25 bits per heavy atom. The first-order chi connectivity index (χ1) is 1.89. The molecule has 1 rings (SSSR count). The van der Waals surface area contributed by atoms with Crippen molar-refractivity contribution in [3.8, 4) is 0 Å². The maximum Gasteiger partial charge on any atom is 0.235 e. The fourth-order valence-corrected chi connectivity index (χ4v) is 9.18. The normalized spacial score (nSPS) is 38.8. The lowest BCUT2D eigenvalue weighted by Crippen LogP contribution is -0.546. The molecule has 4 heavy (non-hydrogen) atoms. The zero-order valence-corrected chi connectivity index (χ0v) is 6.72. The van der Waals surface area contributed by atoms with E-state index in [4.69, 9.17) is 0 Å². The zero-order valence-electron chi connectivity index (χ0n) is 1.77. The third-order valence-electron chi connectivity index (χ3n) is 0.176. The van der Waals surface area contributed by atoms with Crippen molar-refractivity contribution in [1.29, 1.82) is 0 Å². The van der Waals surface area contributed by atoms with Gasteiger partial charge in [0.1, 0.15) is 0 Å². The first kappa shape index (κ1) is 3.93. The summed E-state index contributed by atoms with van der Waals surface area (Å²) in [6.45, 7) is 0. The van der Waals surface area contributed by atoms with Crippen LogP contribution in [0.2, 0.25) is 0 Å². The van der Waals surface area contributed by atoms with Gasteiger partial charge in [0.25, 0.3) is 0 Å². The van der Waals surface area contributed by atoms with Crippen molar-refractivity contribution >= 4 is 42.1 Å². The lowest BCUT2D eigenvalue weighted by atomic mass is 29.9. The molecule has 0 saturated carbocycles. The second-order valence-electron chi connectivity index (χ2n) is 0.460. The quantitative estimate of drug-likeness (QED) is 0.435. The Bertz CT molecular complexity index is 54.3. The third-order valence-corrected chi connectivity index (χ3v) is 16.4. The van der Waals surface area contributed by atoms with E-state index in [1.54, 1.807) is 7.56 Å². The van der Waals surface area contributed by atoms with Gasteiger partial charge < -0.3 is 0 Å². The molecule has 1 aliphatic rings. The van der Waals surface area contributed by atoms with E-state index in [1.807, 2.05) is 0 Å². The largest absolute Gasteiger partial charge is 0.235 e. The minimum atomic E-state index is 0.600. The highest BCUT2D eigenvalue weighted by atomic mass is 127. The van der Waals surface area contributed by atoms with Gasteiger partial charge in [-0.15, -0.1) is 0 Å². The van der Waals surface area contributed by atoms with Crippen LogP contribution in [0.4, 0.5) is 0 Å². The molecule has 1 aliphatic heterocycles. The molecule has 0 aromatic carbocycles. The molecule has 0 N–H and O–H groups in total. The van der Waals surface area contributed by atoms with Crippen LogP contribution in [-0.4, -0.2) is 0 Å². The Morgan fingerprint density at radius 3 is 2.25 bits per heavy atom. The molecule has 0 bridgehead atoms. The molecule has 0 aromatic heterocycles. The molecule has 0 aliphatic carbocycles. The van der Waals surface area contributed by atoms with Gasteiger partial charge in [-0.2, -0.15) is 0 Å². The summed E-state index contributed by atoms with van der Waals surface area (Å²) in [5.41, 5.74) is 0. The molecule has 4 heteroatoms. The molecule has 0 radical (unpaired) electrons. The number of hydrogen-bond donors (Lipinski definition) is 0. The molecule has 2 atom stereocenters. The van der Waals surface area contributed by atoms with Gasteiger partial charge in [0, 0.05) is 0 Å². The van der Waals surface area contributed by atoms with Gasteiger partial charge >= 0.3 is 0 Å². The smallest absolute Gasteiger partial charge is 0.209 e. The van der Waals surface area contributed by atoms with Crippen LogP contribution in [0.15, 0.2) is 0 Å². The van der Waals surface area contributed by atoms with Crippen LogP contribution >= 0.6 is 42.1 Å². The van der Waals surface area contributed by atoms with Gasteiger partial charge in [0.15, 0.2) is 0 Å². The fourth-order valence-electron chi connectivity index (χ4n) is 0.0169. The van der Waals surface area contributed by atoms with Gasteiger partial charge in [-0.25, -0.2) is 0 Å². The Balaban J connectivity index is 2.54. The Kier molecular flexibility index (Phi) is 1.45. The molecule has 1 heterocycles. The van der Waals surface area contributed by atoms with Gasteiger partial charge in [-0.3, -0.25) is 0 Å². The summed E-state index contributed by atoms with van der Waals surface area (Å²) < 4.78 is 0.600. The van der Waals surface area contributed by atoms with Gasteiger partial charge in [-0.1, -0.05) is 0 Å². The van der Waals surface area contributed by atoms with Gasteiger partial charge in [0.2, 0.25) is 42.1 Å². The molecular weight excluding hydrogens is 220 g/mol. The molecule has 0 fully saturated rings. The number of rotatable bonds is 0. The predicted molar refractivity (Wildman–Crippen MR) is 36.2 cm³/mol.